The number of carbonyl (C=O) groups is 2. The molecule has 5 aliphatic heterocycles. The van der Waals surface area contributed by atoms with Gasteiger partial charge in [0.2, 0.25) is 5.91 Å². The fourth-order valence-electron chi connectivity index (χ4n) is 7.25. The topological polar surface area (TPSA) is 65.1 Å². The lowest BCUT2D eigenvalue weighted by Crippen LogP contribution is -2.57. The Bertz CT molecular complexity index is 917. The van der Waals surface area contributed by atoms with Gasteiger partial charge in [0, 0.05) is 56.7 Å². The fraction of sp³-hybridized carbons (Fsp3) is 0.692. The molecule has 0 aliphatic carbocycles. The minimum absolute atomic E-state index is 0.0611. The van der Waals surface area contributed by atoms with Gasteiger partial charge in [-0.05, 0) is 63.6 Å². The number of hydrogen-bond acceptors (Lipinski definition) is 5. The van der Waals surface area contributed by atoms with E-state index in [9.17, 15) is 9.59 Å². The standard InChI is InChI=1S/C26H36N4O3/c31-24-22-17-20-5-3-12-30(20)26(22)21-6-1-2-7-23(21)29(25(26)32)14-13-28(11-4-10-27-24)18-19-8-15-33-16-9-19/h1-2,6-7,19-20,22H,3-5,8-18H2,(H,27,31)/t20-,22+,26+/m0/s1. The summed E-state index contributed by atoms with van der Waals surface area (Å²) in [6, 6.07) is 8.58. The number of para-hydroxylation sites is 1. The highest BCUT2D eigenvalue weighted by molar-refractivity contribution is 6.10. The van der Waals surface area contributed by atoms with E-state index in [2.05, 4.69) is 27.2 Å². The first-order chi connectivity index (χ1) is 16.2. The Morgan fingerprint density at radius 3 is 2.73 bits per heavy atom. The monoisotopic (exact) mass is 452 g/mol. The van der Waals surface area contributed by atoms with Crippen LogP contribution in [0.2, 0.25) is 0 Å². The predicted molar refractivity (Wildman–Crippen MR) is 126 cm³/mol. The number of nitrogens with zero attached hydrogens (tertiary/aromatic N) is 3. The molecule has 1 spiro atoms. The molecule has 0 saturated carbocycles. The molecule has 33 heavy (non-hydrogen) atoms. The van der Waals surface area contributed by atoms with Gasteiger partial charge in [0.05, 0.1) is 5.92 Å². The van der Waals surface area contributed by atoms with E-state index >= 15 is 0 Å². The summed E-state index contributed by atoms with van der Waals surface area (Å²) in [7, 11) is 0. The highest BCUT2D eigenvalue weighted by atomic mass is 16.5. The quantitative estimate of drug-likeness (QED) is 0.743. The zero-order valence-electron chi connectivity index (χ0n) is 19.5. The van der Waals surface area contributed by atoms with Crippen molar-refractivity contribution >= 4 is 17.5 Å². The van der Waals surface area contributed by atoms with Crippen molar-refractivity contribution in [2.24, 2.45) is 11.8 Å². The number of benzene rings is 1. The van der Waals surface area contributed by atoms with E-state index in [4.69, 9.17) is 4.74 Å². The van der Waals surface area contributed by atoms with Gasteiger partial charge < -0.3 is 19.9 Å². The van der Waals surface area contributed by atoms with Gasteiger partial charge in [-0.15, -0.1) is 0 Å². The third-order valence-corrected chi connectivity index (χ3v) is 8.78. The van der Waals surface area contributed by atoms with Gasteiger partial charge in [0.25, 0.3) is 5.91 Å². The van der Waals surface area contributed by atoms with Gasteiger partial charge in [-0.25, -0.2) is 0 Å². The number of hydrogen-bond donors (Lipinski definition) is 1. The van der Waals surface area contributed by atoms with Crippen LogP contribution in [0, 0.1) is 11.8 Å². The lowest BCUT2D eigenvalue weighted by atomic mass is 9.78. The molecule has 5 heterocycles. The van der Waals surface area contributed by atoms with Crippen LogP contribution >= 0.6 is 0 Å². The van der Waals surface area contributed by atoms with E-state index in [-0.39, 0.29) is 17.7 Å². The molecule has 7 nitrogen and oxygen atoms in total. The van der Waals surface area contributed by atoms with Crippen LogP contribution in [0.15, 0.2) is 24.3 Å². The molecule has 0 aromatic heterocycles. The Morgan fingerprint density at radius 1 is 1.00 bits per heavy atom. The average Bonchev–Trinajstić information content (AvgIpc) is 3.49. The maximum absolute atomic E-state index is 14.3. The van der Waals surface area contributed by atoms with Crippen molar-refractivity contribution in [3.05, 3.63) is 29.8 Å². The summed E-state index contributed by atoms with van der Waals surface area (Å²) in [5, 5.41) is 3.23. The van der Waals surface area contributed by atoms with Crippen LogP contribution in [0.4, 0.5) is 5.69 Å². The van der Waals surface area contributed by atoms with Crippen LogP contribution in [-0.2, 0) is 19.9 Å². The molecular formula is C26H36N4O3. The van der Waals surface area contributed by atoms with Gasteiger partial charge in [-0.2, -0.15) is 0 Å². The van der Waals surface area contributed by atoms with Crippen LogP contribution in [0.3, 0.4) is 0 Å². The van der Waals surface area contributed by atoms with Crippen LogP contribution in [0.5, 0.6) is 0 Å². The Labute approximate surface area is 196 Å². The summed E-state index contributed by atoms with van der Waals surface area (Å²) in [6.07, 6.45) is 6.15. The molecular weight excluding hydrogens is 416 g/mol. The molecule has 4 fully saturated rings. The molecule has 3 atom stereocenters. The molecule has 1 aromatic rings. The molecule has 6 rings (SSSR count). The summed E-state index contributed by atoms with van der Waals surface area (Å²) >= 11 is 0. The first kappa shape index (κ1) is 21.6. The van der Waals surface area contributed by atoms with Gasteiger partial charge in [0.15, 0.2) is 0 Å². The molecule has 7 heteroatoms. The Kier molecular flexibility index (Phi) is 5.67. The average molecular weight is 453 g/mol. The van der Waals surface area contributed by atoms with E-state index in [0.717, 1.165) is 89.2 Å². The number of ether oxygens (including phenoxy) is 1. The highest BCUT2D eigenvalue weighted by Gasteiger charge is 2.67. The number of amides is 2. The Balaban J connectivity index is 1.35. The van der Waals surface area contributed by atoms with Gasteiger partial charge in [-0.3, -0.25) is 14.5 Å². The van der Waals surface area contributed by atoms with Gasteiger partial charge in [0.1, 0.15) is 5.54 Å². The molecule has 5 aliphatic rings. The molecule has 0 radical (unpaired) electrons. The second-order valence-corrected chi connectivity index (χ2v) is 10.5. The first-order valence-electron chi connectivity index (χ1n) is 13.0. The third-order valence-electron chi connectivity index (χ3n) is 8.78. The number of anilines is 1. The van der Waals surface area contributed by atoms with E-state index in [1.54, 1.807) is 0 Å². The fourth-order valence-corrected chi connectivity index (χ4v) is 7.25. The Hall–Kier alpha value is -1.96. The van der Waals surface area contributed by atoms with Crippen molar-refractivity contribution in [1.82, 2.24) is 15.1 Å². The first-order valence-corrected chi connectivity index (χ1v) is 13.0. The molecule has 1 N–H and O–H groups in total. The maximum Gasteiger partial charge on any atom is 0.253 e. The zero-order valence-corrected chi connectivity index (χ0v) is 19.5. The highest BCUT2D eigenvalue weighted by Crippen LogP contribution is 2.57. The van der Waals surface area contributed by atoms with Crippen LogP contribution in [-0.4, -0.2) is 80.1 Å². The van der Waals surface area contributed by atoms with Crippen LogP contribution < -0.4 is 10.2 Å². The SMILES string of the molecule is O=C1NCCCN(CC2CCOCC2)CCN2C(=O)[C@@]3(c4ccccc42)[C@@H]1C[C@@H]1CCCN13. The molecule has 0 unspecified atom stereocenters. The normalized spacial score (nSPS) is 33.8. The zero-order chi connectivity index (χ0) is 22.4. The smallest absolute Gasteiger partial charge is 0.253 e. The minimum atomic E-state index is -0.827. The summed E-state index contributed by atoms with van der Waals surface area (Å²) in [6.45, 7) is 6.84. The Morgan fingerprint density at radius 2 is 1.85 bits per heavy atom. The van der Waals surface area contributed by atoms with E-state index in [1.165, 1.54) is 0 Å². The minimum Gasteiger partial charge on any atom is -0.381 e. The van der Waals surface area contributed by atoms with E-state index in [0.29, 0.717) is 25.0 Å². The number of carbonyl (C=O) groups excluding carboxylic acids is 2. The maximum atomic E-state index is 14.3. The molecule has 2 bridgehead atoms. The lowest BCUT2D eigenvalue weighted by Gasteiger charge is -2.38. The molecule has 178 valence electrons. The second-order valence-electron chi connectivity index (χ2n) is 10.5. The molecule has 2 amide bonds. The predicted octanol–water partition coefficient (Wildman–Crippen LogP) is 1.96. The number of fused-ring (bicyclic) bond motifs is 4. The second kappa shape index (κ2) is 8.67. The van der Waals surface area contributed by atoms with Gasteiger partial charge in [-0.1, -0.05) is 18.2 Å². The molecule has 1 aromatic carbocycles. The summed E-state index contributed by atoms with van der Waals surface area (Å²) in [5.41, 5.74) is 1.24. The van der Waals surface area contributed by atoms with Crippen LogP contribution in [0.1, 0.15) is 44.1 Å². The van der Waals surface area contributed by atoms with Crippen molar-refractivity contribution < 1.29 is 14.3 Å². The largest absolute Gasteiger partial charge is 0.381 e. The third kappa shape index (κ3) is 3.43. The van der Waals surface area contributed by atoms with Crippen molar-refractivity contribution in [3.8, 4) is 0 Å². The summed E-state index contributed by atoms with van der Waals surface area (Å²) in [5.74, 6) is 0.531. The number of nitrogens with one attached hydrogen (secondary N) is 1. The van der Waals surface area contributed by atoms with Crippen molar-refractivity contribution in [3.63, 3.8) is 0 Å². The van der Waals surface area contributed by atoms with Crippen molar-refractivity contribution in [1.29, 1.82) is 0 Å². The van der Waals surface area contributed by atoms with Crippen LogP contribution in [0.25, 0.3) is 0 Å². The number of rotatable bonds is 2. The van der Waals surface area contributed by atoms with Crippen molar-refractivity contribution in [2.45, 2.75) is 50.1 Å². The van der Waals surface area contributed by atoms with Crippen molar-refractivity contribution in [2.75, 3.05) is 57.4 Å². The van der Waals surface area contributed by atoms with E-state index in [1.807, 2.05) is 17.0 Å². The van der Waals surface area contributed by atoms with E-state index < -0.39 is 5.54 Å². The lowest BCUT2D eigenvalue weighted by molar-refractivity contribution is -0.139. The summed E-state index contributed by atoms with van der Waals surface area (Å²) in [4.78, 5) is 34.8. The molecule has 4 saturated heterocycles. The summed E-state index contributed by atoms with van der Waals surface area (Å²) < 4.78 is 5.56. The van der Waals surface area contributed by atoms with Gasteiger partial charge >= 0.3 is 0 Å².